The van der Waals surface area contributed by atoms with Gasteiger partial charge in [-0.1, -0.05) is 18.2 Å². The van der Waals surface area contributed by atoms with Gasteiger partial charge in [-0.2, -0.15) is 5.10 Å². The maximum Gasteiger partial charge on any atom is 0.252 e. The van der Waals surface area contributed by atoms with Gasteiger partial charge in [0.2, 0.25) is 0 Å². The van der Waals surface area contributed by atoms with Crippen LogP contribution in [0.2, 0.25) is 0 Å². The monoisotopic (exact) mass is 322 g/mol. The molecular weight excluding hydrogens is 300 g/mol. The summed E-state index contributed by atoms with van der Waals surface area (Å²) in [5.74, 6) is -0.0783. The molecule has 0 radical (unpaired) electrons. The predicted molar refractivity (Wildman–Crippen MR) is 96.0 cm³/mol. The number of hydrogen-bond donors (Lipinski definition) is 1. The third kappa shape index (κ3) is 2.89. The Morgan fingerprint density at radius 1 is 1.29 bits per heavy atom. The van der Waals surface area contributed by atoms with Crippen LogP contribution in [0.1, 0.15) is 36.8 Å². The standard InChI is InChI=1S/C19H22N4O/c1-5-23-13(4)16(11-20-23)18-10-15(19(24)21-12(2)3)14-8-6-7-9-17(14)22-18/h6-12H,5H2,1-4H3,(H,21,24). The van der Waals surface area contributed by atoms with E-state index in [4.69, 9.17) is 4.98 Å². The second kappa shape index (κ2) is 6.43. The number of para-hydroxylation sites is 1. The molecule has 2 heterocycles. The first-order chi connectivity index (χ1) is 11.5. The molecule has 0 saturated carbocycles. The van der Waals surface area contributed by atoms with Gasteiger partial charge in [0.25, 0.3) is 5.91 Å². The van der Waals surface area contributed by atoms with Gasteiger partial charge in [0, 0.05) is 29.2 Å². The first-order valence-corrected chi connectivity index (χ1v) is 8.24. The van der Waals surface area contributed by atoms with Crippen LogP contribution in [0, 0.1) is 6.92 Å². The number of carbonyl (C=O) groups excluding carboxylic acids is 1. The topological polar surface area (TPSA) is 59.8 Å². The van der Waals surface area contributed by atoms with Crippen LogP contribution in [0.25, 0.3) is 22.2 Å². The lowest BCUT2D eigenvalue weighted by Gasteiger charge is -2.12. The normalized spacial score (nSPS) is 11.2. The summed E-state index contributed by atoms with van der Waals surface area (Å²) >= 11 is 0. The third-order valence-electron chi connectivity index (χ3n) is 4.06. The fourth-order valence-electron chi connectivity index (χ4n) is 2.86. The lowest BCUT2D eigenvalue weighted by Crippen LogP contribution is -2.30. The van der Waals surface area contributed by atoms with Gasteiger partial charge in [-0.3, -0.25) is 9.48 Å². The van der Waals surface area contributed by atoms with Crippen molar-refractivity contribution in [3.05, 3.63) is 47.8 Å². The Hall–Kier alpha value is -2.69. The lowest BCUT2D eigenvalue weighted by atomic mass is 10.0. The minimum Gasteiger partial charge on any atom is -0.350 e. The number of benzene rings is 1. The zero-order valence-electron chi connectivity index (χ0n) is 14.5. The van der Waals surface area contributed by atoms with Crippen molar-refractivity contribution in [2.45, 2.75) is 40.3 Å². The summed E-state index contributed by atoms with van der Waals surface area (Å²) in [5.41, 5.74) is 4.25. The van der Waals surface area contributed by atoms with Crippen LogP contribution < -0.4 is 5.32 Å². The number of hydrogen-bond acceptors (Lipinski definition) is 3. The van der Waals surface area contributed by atoms with Crippen LogP contribution in [0.3, 0.4) is 0 Å². The van der Waals surface area contributed by atoms with Crippen LogP contribution in [0.15, 0.2) is 36.5 Å². The lowest BCUT2D eigenvalue weighted by molar-refractivity contribution is 0.0945. The van der Waals surface area contributed by atoms with Crippen LogP contribution in [-0.2, 0) is 6.54 Å². The van der Waals surface area contributed by atoms with Gasteiger partial charge in [-0.05, 0) is 39.8 Å². The van der Waals surface area contributed by atoms with Crippen molar-refractivity contribution >= 4 is 16.8 Å². The molecule has 0 bridgehead atoms. The highest BCUT2D eigenvalue weighted by Crippen LogP contribution is 2.27. The highest BCUT2D eigenvalue weighted by Gasteiger charge is 2.16. The molecule has 0 spiro atoms. The number of nitrogens with zero attached hydrogens (tertiary/aromatic N) is 3. The summed E-state index contributed by atoms with van der Waals surface area (Å²) < 4.78 is 1.93. The average Bonchev–Trinajstić information content (AvgIpc) is 2.93. The Morgan fingerprint density at radius 3 is 2.71 bits per heavy atom. The molecule has 0 aliphatic carbocycles. The summed E-state index contributed by atoms with van der Waals surface area (Å²) in [4.78, 5) is 17.4. The van der Waals surface area contributed by atoms with Crippen LogP contribution in [-0.4, -0.2) is 26.7 Å². The van der Waals surface area contributed by atoms with E-state index in [1.165, 1.54) is 0 Å². The fourth-order valence-corrected chi connectivity index (χ4v) is 2.86. The maximum absolute atomic E-state index is 12.6. The van der Waals surface area contributed by atoms with Crippen LogP contribution in [0.4, 0.5) is 0 Å². The molecular formula is C19H22N4O. The Bertz CT molecular complexity index is 896. The Labute approximate surface area is 141 Å². The number of nitrogens with one attached hydrogen (secondary N) is 1. The Kier molecular flexibility index (Phi) is 4.34. The van der Waals surface area contributed by atoms with Gasteiger partial charge >= 0.3 is 0 Å². The summed E-state index contributed by atoms with van der Waals surface area (Å²) in [6, 6.07) is 9.68. The van der Waals surface area contributed by atoms with Crippen molar-refractivity contribution in [3.8, 4) is 11.3 Å². The minimum atomic E-state index is -0.0783. The number of aromatic nitrogens is 3. The van der Waals surface area contributed by atoms with Gasteiger partial charge in [-0.25, -0.2) is 4.98 Å². The molecule has 2 aromatic heterocycles. The third-order valence-corrected chi connectivity index (χ3v) is 4.06. The molecule has 0 aliphatic heterocycles. The van der Waals surface area contributed by atoms with Gasteiger partial charge in [0.1, 0.15) is 0 Å². The molecule has 5 heteroatoms. The van der Waals surface area contributed by atoms with E-state index in [0.717, 1.165) is 34.4 Å². The first-order valence-electron chi connectivity index (χ1n) is 8.24. The van der Waals surface area contributed by atoms with Crippen molar-refractivity contribution in [1.29, 1.82) is 0 Å². The molecule has 0 aliphatic rings. The molecule has 5 nitrogen and oxygen atoms in total. The summed E-state index contributed by atoms with van der Waals surface area (Å²) in [7, 11) is 0. The fraction of sp³-hybridized carbons (Fsp3) is 0.316. The molecule has 3 rings (SSSR count). The summed E-state index contributed by atoms with van der Waals surface area (Å²) in [5, 5.41) is 8.22. The summed E-state index contributed by atoms with van der Waals surface area (Å²) in [6.45, 7) is 8.80. The molecule has 0 saturated heterocycles. The average molecular weight is 322 g/mol. The van der Waals surface area contributed by atoms with E-state index in [0.29, 0.717) is 5.56 Å². The predicted octanol–water partition coefficient (Wildman–Crippen LogP) is 3.56. The van der Waals surface area contributed by atoms with E-state index in [1.54, 1.807) is 0 Å². The number of pyridine rings is 1. The van der Waals surface area contributed by atoms with E-state index in [-0.39, 0.29) is 11.9 Å². The van der Waals surface area contributed by atoms with Crippen molar-refractivity contribution in [1.82, 2.24) is 20.1 Å². The van der Waals surface area contributed by atoms with Crippen molar-refractivity contribution in [2.24, 2.45) is 0 Å². The van der Waals surface area contributed by atoms with Crippen molar-refractivity contribution in [2.75, 3.05) is 0 Å². The minimum absolute atomic E-state index is 0.0783. The van der Waals surface area contributed by atoms with Gasteiger partial charge < -0.3 is 5.32 Å². The van der Waals surface area contributed by atoms with E-state index < -0.39 is 0 Å². The smallest absolute Gasteiger partial charge is 0.252 e. The highest BCUT2D eigenvalue weighted by atomic mass is 16.1. The molecule has 0 unspecified atom stereocenters. The zero-order chi connectivity index (χ0) is 17.3. The molecule has 3 aromatic rings. The van der Waals surface area contributed by atoms with Crippen LogP contribution in [0.5, 0.6) is 0 Å². The van der Waals surface area contributed by atoms with Crippen molar-refractivity contribution in [3.63, 3.8) is 0 Å². The second-order valence-electron chi connectivity index (χ2n) is 6.16. The van der Waals surface area contributed by atoms with E-state index in [9.17, 15) is 4.79 Å². The second-order valence-corrected chi connectivity index (χ2v) is 6.16. The number of carbonyl (C=O) groups is 1. The molecule has 1 N–H and O–H groups in total. The number of aryl methyl sites for hydroxylation is 1. The Balaban J connectivity index is 2.19. The largest absolute Gasteiger partial charge is 0.350 e. The number of fused-ring (bicyclic) bond motifs is 1. The van der Waals surface area contributed by atoms with Crippen molar-refractivity contribution < 1.29 is 4.79 Å². The van der Waals surface area contributed by atoms with Crippen LogP contribution >= 0.6 is 0 Å². The molecule has 24 heavy (non-hydrogen) atoms. The van der Waals surface area contributed by atoms with Gasteiger partial charge in [-0.15, -0.1) is 0 Å². The SMILES string of the molecule is CCn1ncc(-c2cc(C(=O)NC(C)C)c3ccccc3n2)c1C. The van der Waals surface area contributed by atoms with Gasteiger partial charge in [0.05, 0.1) is 23.0 Å². The molecule has 0 atom stereocenters. The quantitative estimate of drug-likeness (QED) is 0.799. The van der Waals surface area contributed by atoms with E-state index in [2.05, 4.69) is 17.3 Å². The van der Waals surface area contributed by atoms with E-state index in [1.807, 2.05) is 62.0 Å². The number of amides is 1. The molecule has 1 aromatic carbocycles. The zero-order valence-corrected chi connectivity index (χ0v) is 14.5. The molecule has 0 fully saturated rings. The molecule has 1 amide bonds. The maximum atomic E-state index is 12.6. The number of rotatable bonds is 4. The summed E-state index contributed by atoms with van der Waals surface area (Å²) in [6.07, 6.45) is 1.82. The Morgan fingerprint density at radius 2 is 2.04 bits per heavy atom. The molecule has 124 valence electrons. The van der Waals surface area contributed by atoms with Gasteiger partial charge in [0.15, 0.2) is 0 Å². The van der Waals surface area contributed by atoms with E-state index >= 15 is 0 Å². The first kappa shape index (κ1) is 16.2. The highest BCUT2D eigenvalue weighted by molar-refractivity contribution is 6.07.